The molecule has 0 aliphatic carbocycles. The van der Waals surface area contributed by atoms with E-state index in [0.29, 0.717) is 35.9 Å². The van der Waals surface area contributed by atoms with Crippen molar-refractivity contribution >= 4 is 35.1 Å². The van der Waals surface area contributed by atoms with Crippen molar-refractivity contribution in [2.75, 3.05) is 13.7 Å². The zero-order chi connectivity index (χ0) is 16.4. The number of rotatable bonds is 9. The summed E-state index contributed by atoms with van der Waals surface area (Å²) in [6, 6.07) is 5.28. The van der Waals surface area contributed by atoms with Gasteiger partial charge in [0, 0.05) is 29.4 Å². The molecule has 0 bridgehead atoms. The van der Waals surface area contributed by atoms with E-state index in [2.05, 4.69) is 10.1 Å². The average Bonchev–Trinajstić information content (AvgIpc) is 2.49. The second-order valence-electron chi connectivity index (χ2n) is 4.97. The molecule has 22 heavy (non-hydrogen) atoms. The number of nitrogens with one attached hydrogen (secondary N) is 1. The number of esters is 1. The molecule has 0 radical (unpaired) electrons. The Morgan fingerprint density at radius 1 is 1.14 bits per heavy atom. The van der Waals surface area contributed by atoms with Gasteiger partial charge in [-0.05, 0) is 37.0 Å². The SMILES string of the molecule is COC(=O)CCCCCNC(=O)CCc1ccc(Cl)cc1Cl. The number of aryl methyl sites for hydroxylation is 1. The summed E-state index contributed by atoms with van der Waals surface area (Å²) in [5.41, 5.74) is 0.916. The van der Waals surface area contributed by atoms with Gasteiger partial charge in [-0.25, -0.2) is 0 Å². The maximum absolute atomic E-state index is 11.7. The number of hydrogen-bond donors (Lipinski definition) is 1. The van der Waals surface area contributed by atoms with Crippen molar-refractivity contribution in [1.29, 1.82) is 0 Å². The van der Waals surface area contributed by atoms with Gasteiger partial charge >= 0.3 is 5.97 Å². The number of methoxy groups -OCH3 is 1. The van der Waals surface area contributed by atoms with Gasteiger partial charge in [0.15, 0.2) is 0 Å². The average molecular weight is 346 g/mol. The van der Waals surface area contributed by atoms with Crippen LogP contribution in [0.5, 0.6) is 0 Å². The fourth-order valence-electron chi connectivity index (χ4n) is 1.96. The summed E-state index contributed by atoms with van der Waals surface area (Å²) in [7, 11) is 1.38. The van der Waals surface area contributed by atoms with Crippen LogP contribution in [0.25, 0.3) is 0 Å². The minimum absolute atomic E-state index is 0.000940. The minimum atomic E-state index is -0.191. The summed E-state index contributed by atoms with van der Waals surface area (Å²) >= 11 is 11.9. The summed E-state index contributed by atoms with van der Waals surface area (Å²) in [4.78, 5) is 22.6. The molecule has 4 nitrogen and oxygen atoms in total. The van der Waals surface area contributed by atoms with Crippen LogP contribution in [0.2, 0.25) is 10.0 Å². The molecule has 0 heterocycles. The highest BCUT2D eigenvalue weighted by molar-refractivity contribution is 6.35. The van der Waals surface area contributed by atoms with Gasteiger partial charge in [0.1, 0.15) is 0 Å². The number of carbonyl (C=O) groups is 2. The van der Waals surface area contributed by atoms with Crippen LogP contribution in [0.15, 0.2) is 18.2 Å². The first-order valence-corrected chi connectivity index (χ1v) is 8.06. The Bertz CT molecular complexity index is 506. The van der Waals surface area contributed by atoms with Crippen molar-refractivity contribution in [1.82, 2.24) is 5.32 Å². The highest BCUT2D eigenvalue weighted by Crippen LogP contribution is 2.21. The molecule has 1 aromatic carbocycles. The first-order chi connectivity index (χ1) is 10.5. The van der Waals surface area contributed by atoms with E-state index in [1.54, 1.807) is 12.1 Å². The molecule has 1 aromatic rings. The number of benzene rings is 1. The van der Waals surface area contributed by atoms with Gasteiger partial charge in [0.25, 0.3) is 0 Å². The van der Waals surface area contributed by atoms with Crippen molar-refractivity contribution in [3.63, 3.8) is 0 Å². The number of carbonyl (C=O) groups excluding carboxylic acids is 2. The van der Waals surface area contributed by atoms with Crippen molar-refractivity contribution in [3.8, 4) is 0 Å². The van der Waals surface area contributed by atoms with Crippen LogP contribution < -0.4 is 5.32 Å². The summed E-state index contributed by atoms with van der Waals surface area (Å²) in [5.74, 6) is -0.192. The van der Waals surface area contributed by atoms with Gasteiger partial charge in [-0.3, -0.25) is 9.59 Å². The zero-order valence-corrected chi connectivity index (χ0v) is 14.2. The highest BCUT2D eigenvalue weighted by atomic mass is 35.5. The van der Waals surface area contributed by atoms with Gasteiger partial charge < -0.3 is 10.1 Å². The van der Waals surface area contributed by atoms with Crippen molar-refractivity contribution in [2.24, 2.45) is 0 Å². The molecule has 1 N–H and O–H groups in total. The monoisotopic (exact) mass is 345 g/mol. The Morgan fingerprint density at radius 2 is 1.91 bits per heavy atom. The number of halogens is 2. The Hall–Kier alpha value is -1.26. The standard InChI is InChI=1S/C16H21Cl2NO3/c1-22-16(21)5-3-2-4-10-19-15(20)9-7-12-6-8-13(17)11-14(12)18/h6,8,11H,2-5,7,9-10H2,1H3,(H,19,20). The molecule has 1 amide bonds. The van der Waals surface area contributed by atoms with Crippen molar-refractivity contribution in [2.45, 2.75) is 38.5 Å². The third-order valence-electron chi connectivity index (χ3n) is 3.24. The lowest BCUT2D eigenvalue weighted by Gasteiger charge is -2.07. The van der Waals surface area contributed by atoms with Crippen molar-refractivity contribution in [3.05, 3.63) is 33.8 Å². The molecule has 0 unspecified atom stereocenters. The first kappa shape index (κ1) is 18.8. The largest absolute Gasteiger partial charge is 0.469 e. The number of ether oxygens (including phenoxy) is 1. The second-order valence-corrected chi connectivity index (χ2v) is 5.82. The first-order valence-electron chi connectivity index (χ1n) is 7.30. The van der Waals surface area contributed by atoms with Crippen LogP contribution >= 0.6 is 23.2 Å². The Kier molecular flexibility index (Phi) is 8.94. The Balaban J connectivity index is 2.12. The van der Waals surface area contributed by atoms with E-state index in [4.69, 9.17) is 23.2 Å². The molecule has 0 aromatic heterocycles. The normalized spacial score (nSPS) is 10.3. The van der Waals surface area contributed by atoms with Crippen LogP contribution in [-0.4, -0.2) is 25.5 Å². The predicted octanol–water partition coefficient (Wildman–Crippen LogP) is 3.78. The summed E-state index contributed by atoms with van der Waals surface area (Å²) in [6.07, 6.45) is 3.93. The lowest BCUT2D eigenvalue weighted by atomic mass is 10.1. The van der Waals surface area contributed by atoms with E-state index in [0.717, 1.165) is 24.8 Å². The molecule has 0 spiro atoms. The molecule has 0 saturated heterocycles. The van der Waals surface area contributed by atoms with Gasteiger partial charge in [0.05, 0.1) is 7.11 Å². The Labute approximate surface area is 141 Å². The molecular weight excluding hydrogens is 325 g/mol. The molecule has 0 aliphatic rings. The summed E-state index contributed by atoms with van der Waals surface area (Å²) in [5, 5.41) is 4.04. The molecule has 0 aliphatic heterocycles. The topological polar surface area (TPSA) is 55.4 Å². The van der Waals surface area contributed by atoms with Gasteiger partial charge in [-0.1, -0.05) is 35.7 Å². The molecule has 0 atom stereocenters. The van der Waals surface area contributed by atoms with E-state index in [1.165, 1.54) is 7.11 Å². The number of unbranched alkanes of at least 4 members (excludes halogenated alkanes) is 2. The maximum atomic E-state index is 11.7. The van der Waals surface area contributed by atoms with E-state index in [1.807, 2.05) is 6.07 Å². The molecule has 1 rings (SSSR count). The second kappa shape index (κ2) is 10.5. The quantitative estimate of drug-likeness (QED) is 0.547. The third-order valence-corrected chi connectivity index (χ3v) is 3.83. The molecule has 122 valence electrons. The van der Waals surface area contributed by atoms with E-state index >= 15 is 0 Å². The summed E-state index contributed by atoms with van der Waals surface area (Å²) in [6.45, 7) is 0.619. The minimum Gasteiger partial charge on any atom is -0.469 e. The smallest absolute Gasteiger partial charge is 0.305 e. The third kappa shape index (κ3) is 7.66. The van der Waals surface area contributed by atoms with Crippen molar-refractivity contribution < 1.29 is 14.3 Å². The highest BCUT2D eigenvalue weighted by Gasteiger charge is 2.06. The van der Waals surface area contributed by atoms with Crippen LogP contribution in [0.3, 0.4) is 0 Å². The predicted molar refractivity (Wildman–Crippen MR) is 88.3 cm³/mol. The number of amides is 1. The summed E-state index contributed by atoms with van der Waals surface area (Å²) < 4.78 is 4.56. The van der Waals surface area contributed by atoms with Crippen LogP contribution in [-0.2, 0) is 20.7 Å². The van der Waals surface area contributed by atoms with Crippen LogP contribution in [0.4, 0.5) is 0 Å². The number of hydrogen-bond acceptors (Lipinski definition) is 3. The lowest BCUT2D eigenvalue weighted by molar-refractivity contribution is -0.140. The van der Waals surface area contributed by atoms with E-state index in [9.17, 15) is 9.59 Å². The van der Waals surface area contributed by atoms with Gasteiger partial charge in [0.2, 0.25) is 5.91 Å². The zero-order valence-electron chi connectivity index (χ0n) is 12.7. The van der Waals surface area contributed by atoms with Crippen LogP contribution in [0.1, 0.15) is 37.7 Å². The van der Waals surface area contributed by atoms with Gasteiger partial charge in [-0.15, -0.1) is 0 Å². The van der Waals surface area contributed by atoms with E-state index in [-0.39, 0.29) is 11.9 Å². The fraction of sp³-hybridized carbons (Fsp3) is 0.500. The molecule has 0 fully saturated rings. The van der Waals surface area contributed by atoms with Crippen LogP contribution in [0, 0.1) is 0 Å². The molecular formula is C16H21Cl2NO3. The molecule has 6 heteroatoms. The van der Waals surface area contributed by atoms with Gasteiger partial charge in [-0.2, -0.15) is 0 Å². The Morgan fingerprint density at radius 3 is 2.59 bits per heavy atom. The molecule has 0 saturated carbocycles. The lowest BCUT2D eigenvalue weighted by Crippen LogP contribution is -2.24. The van der Waals surface area contributed by atoms with E-state index < -0.39 is 0 Å². The maximum Gasteiger partial charge on any atom is 0.305 e. The fourth-order valence-corrected chi connectivity index (χ4v) is 2.46.